The molecule has 3 amide bonds. The van der Waals surface area contributed by atoms with Crippen molar-refractivity contribution in [1.82, 2.24) is 14.7 Å². The van der Waals surface area contributed by atoms with Gasteiger partial charge in [0.1, 0.15) is 17.4 Å². The Morgan fingerprint density at radius 2 is 1.87 bits per heavy atom. The molecule has 11 nitrogen and oxygen atoms in total. The van der Waals surface area contributed by atoms with Gasteiger partial charge in [0.05, 0.1) is 50.4 Å². The molecule has 246 valence electrons. The second-order valence-corrected chi connectivity index (χ2v) is 13.3. The molecular formula is C33H45BrN4O7. The van der Waals surface area contributed by atoms with Gasteiger partial charge in [0.2, 0.25) is 17.7 Å². The average molecular weight is 690 g/mol. The summed E-state index contributed by atoms with van der Waals surface area (Å²) < 4.78 is 17.8. The standard InChI is InChI=1S/C33H45BrN4O7/c1-5-12-36(15-14-35-16-18-43-19-17-35)32(42)29-33-20-25(34)28(45-33)26(27(33)31(41)38(29)22(4)21-39)30(40)37(13-6-2)23-8-10-24(11-9-23)44-7-3/h5-6,8-11,22,25-29,39H,1-2,7,12-21H2,3-4H3/t22-,25?,26+,27+,28+,29?,33?/m1/s1. The molecule has 4 heterocycles. The maximum Gasteiger partial charge on any atom is 0.248 e. The van der Waals surface area contributed by atoms with E-state index in [1.807, 2.05) is 19.1 Å². The van der Waals surface area contributed by atoms with Crippen LogP contribution in [0.4, 0.5) is 5.69 Å². The molecule has 0 saturated carbocycles. The smallest absolute Gasteiger partial charge is 0.248 e. The van der Waals surface area contributed by atoms with Crippen molar-refractivity contribution in [1.29, 1.82) is 0 Å². The number of amides is 3. The Bertz CT molecular complexity index is 1260. The lowest BCUT2D eigenvalue weighted by Crippen LogP contribution is -2.59. The Kier molecular flexibility index (Phi) is 10.7. The van der Waals surface area contributed by atoms with Gasteiger partial charge in [-0.25, -0.2) is 0 Å². The Morgan fingerprint density at radius 1 is 1.18 bits per heavy atom. The number of ether oxygens (including phenoxy) is 3. The second kappa shape index (κ2) is 14.3. The lowest BCUT2D eigenvalue weighted by atomic mass is 9.70. The fraction of sp³-hybridized carbons (Fsp3) is 0.606. The third-order valence-corrected chi connectivity index (χ3v) is 10.3. The van der Waals surface area contributed by atoms with Crippen LogP contribution in [-0.2, 0) is 23.9 Å². The van der Waals surface area contributed by atoms with Gasteiger partial charge in [-0.2, -0.15) is 0 Å². The van der Waals surface area contributed by atoms with E-state index in [0.29, 0.717) is 57.3 Å². The van der Waals surface area contributed by atoms with Crippen LogP contribution in [-0.4, -0.2) is 132 Å². The maximum atomic E-state index is 14.6. The quantitative estimate of drug-likeness (QED) is 0.234. The molecule has 45 heavy (non-hydrogen) atoms. The van der Waals surface area contributed by atoms with Gasteiger partial charge < -0.3 is 34.0 Å². The van der Waals surface area contributed by atoms with Crippen LogP contribution in [0.25, 0.3) is 0 Å². The average Bonchev–Trinajstić information content (AvgIpc) is 3.65. The summed E-state index contributed by atoms with van der Waals surface area (Å²) in [5.74, 6) is -1.91. The minimum atomic E-state index is -1.23. The van der Waals surface area contributed by atoms with Crippen LogP contribution in [0.1, 0.15) is 20.3 Å². The predicted molar refractivity (Wildman–Crippen MR) is 173 cm³/mol. The Hall–Kier alpha value is -2.77. The topological polar surface area (TPSA) is 112 Å². The molecule has 3 unspecified atom stereocenters. The largest absolute Gasteiger partial charge is 0.494 e. The summed E-state index contributed by atoms with van der Waals surface area (Å²) >= 11 is 3.76. The second-order valence-electron chi connectivity index (χ2n) is 12.1. The van der Waals surface area contributed by atoms with Crippen LogP contribution < -0.4 is 9.64 Å². The molecule has 1 aromatic rings. The van der Waals surface area contributed by atoms with E-state index in [1.165, 1.54) is 4.90 Å². The monoisotopic (exact) mass is 688 g/mol. The van der Waals surface area contributed by atoms with E-state index >= 15 is 0 Å². The first kappa shape index (κ1) is 33.6. The Morgan fingerprint density at radius 3 is 2.49 bits per heavy atom. The number of hydrogen-bond donors (Lipinski definition) is 1. The fourth-order valence-corrected chi connectivity index (χ4v) is 8.36. The van der Waals surface area contributed by atoms with Crippen molar-refractivity contribution in [2.75, 3.05) is 70.6 Å². The molecule has 7 atom stereocenters. The molecule has 0 aromatic heterocycles. The molecule has 5 rings (SSSR count). The molecule has 0 radical (unpaired) electrons. The van der Waals surface area contributed by atoms with E-state index in [-0.39, 0.29) is 35.7 Å². The molecule has 4 fully saturated rings. The molecular weight excluding hydrogens is 644 g/mol. The van der Waals surface area contributed by atoms with Gasteiger partial charge in [-0.05, 0) is 44.5 Å². The number of aliphatic hydroxyl groups excluding tert-OH is 1. The SMILES string of the molecule is C=CCN(CCN1CCOCC1)C(=O)C1N([C@H](C)CO)C(=O)[C@@H]2[C@H](C(=O)N(CC=C)c3ccc(OCC)cc3)[C@H]3OC12CC3Br. The number of carbonyl (C=O) groups excluding carboxylic acids is 3. The van der Waals surface area contributed by atoms with E-state index in [1.54, 1.807) is 41.0 Å². The number of benzene rings is 1. The van der Waals surface area contributed by atoms with Crippen molar-refractivity contribution in [2.24, 2.45) is 11.8 Å². The van der Waals surface area contributed by atoms with Crippen LogP contribution in [0.2, 0.25) is 0 Å². The number of morpholine rings is 1. The van der Waals surface area contributed by atoms with Gasteiger partial charge in [-0.1, -0.05) is 28.1 Å². The Labute approximate surface area is 273 Å². The van der Waals surface area contributed by atoms with Crippen LogP contribution >= 0.6 is 15.9 Å². The van der Waals surface area contributed by atoms with Gasteiger partial charge in [-0.15, -0.1) is 13.2 Å². The van der Waals surface area contributed by atoms with Gasteiger partial charge in [0.25, 0.3) is 0 Å². The van der Waals surface area contributed by atoms with Crippen LogP contribution in [0, 0.1) is 11.8 Å². The summed E-state index contributed by atoms with van der Waals surface area (Å²) in [6, 6.07) is 5.58. The third-order valence-electron chi connectivity index (χ3n) is 9.47. The van der Waals surface area contributed by atoms with Gasteiger partial charge >= 0.3 is 0 Å². The molecule has 4 aliphatic rings. The Balaban J connectivity index is 1.48. The number of hydrogen-bond acceptors (Lipinski definition) is 8. The third kappa shape index (κ3) is 6.19. The van der Waals surface area contributed by atoms with Crippen LogP contribution in [0.3, 0.4) is 0 Å². The summed E-state index contributed by atoms with van der Waals surface area (Å²) in [6.45, 7) is 16.0. The predicted octanol–water partition coefficient (Wildman–Crippen LogP) is 2.08. The zero-order valence-corrected chi connectivity index (χ0v) is 27.8. The minimum Gasteiger partial charge on any atom is -0.494 e. The lowest BCUT2D eigenvalue weighted by Gasteiger charge is -2.39. The number of fused-ring (bicyclic) bond motifs is 1. The number of halogens is 1. The molecule has 2 bridgehead atoms. The molecule has 0 aliphatic carbocycles. The van der Waals surface area contributed by atoms with E-state index in [4.69, 9.17) is 14.2 Å². The lowest BCUT2D eigenvalue weighted by molar-refractivity contribution is -0.150. The minimum absolute atomic E-state index is 0.227. The van der Waals surface area contributed by atoms with Crippen LogP contribution in [0.15, 0.2) is 49.6 Å². The molecule has 4 saturated heterocycles. The highest BCUT2D eigenvalue weighted by molar-refractivity contribution is 9.09. The summed E-state index contributed by atoms with van der Waals surface area (Å²) in [7, 11) is 0. The molecule has 1 spiro atoms. The number of anilines is 1. The summed E-state index contributed by atoms with van der Waals surface area (Å²) in [5.41, 5.74) is -0.585. The van der Waals surface area contributed by atoms with Gasteiger partial charge in [0, 0.05) is 49.8 Å². The van der Waals surface area contributed by atoms with Crippen molar-refractivity contribution in [3.8, 4) is 5.75 Å². The number of carbonyl (C=O) groups is 3. The first-order valence-electron chi connectivity index (χ1n) is 15.8. The summed E-state index contributed by atoms with van der Waals surface area (Å²) in [5, 5.41) is 10.3. The van der Waals surface area contributed by atoms with E-state index in [0.717, 1.165) is 13.1 Å². The first-order valence-corrected chi connectivity index (χ1v) is 16.7. The van der Waals surface area contributed by atoms with E-state index in [2.05, 4.69) is 34.0 Å². The highest BCUT2D eigenvalue weighted by Gasteiger charge is 2.77. The molecule has 4 aliphatic heterocycles. The summed E-state index contributed by atoms with van der Waals surface area (Å²) in [6.07, 6.45) is 3.11. The van der Waals surface area contributed by atoms with Gasteiger partial charge in [-0.3, -0.25) is 19.3 Å². The zero-order chi connectivity index (χ0) is 32.3. The van der Waals surface area contributed by atoms with Crippen molar-refractivity contribution in [3.63, 3.8) is 0 Å². The van der Waals surface area contributed by atoms with Crippen molar-refractivity contribution in [2.45, 2.75) is 48.9 Å². The fourth-order valence-electron chi connectivity index (χ4n) is 7.42. The highest BCUT2D eigenvalue weighted by Crippen LogP contribution is 2.61. The molecule has 1 N–H and O–H groups in total. The number of rotatable bonds is 14. The maximum absolute atomic E-state index is 14.6. The summed E-state index contributed by atoms with van der Waals surface area (Å²) in [4.78, 5) is 50.3. The van der Waals surface area contributed by atoms with Crippen molar-refractivity contribution < 1.29 is 33.7 Å². The van der Waals surface area contributed by atoms with Crippen molar-refractivity contribution >= 4 is 39.3 Å². The number of nitrogens with zero attached hydrogens (tertiary/aromatic N) is 4. The number of alkyl halides is 1. The van der Waals surface area contributed by atoms with E-state index in [9.17, 15) is 19.5 Å². The molecule has 1 aromatic carbocycles. The zero-order valence-electron chi connectivity index (χ0n) is 26.2. The van der Waals surface area contributed by atoms with E-state index < -0.39 is 35.6 Å². The number of aliphatic hydroxyl groups is 1. The van der Waals surface area contributed by atoms with Gasteiger partial charge in [0.15, 0.2) is 0 Å². The highest BCUT2D eigenvalue weighted by atomic mass is 79.9. The normalized spacial score (nSPS) is 29.7. The number of likely N-dealkylation sites (tertiary alicyclic amines) is 1. The molecule has 12 heteroatoms. The van der Waals surface area contributed by atoms with Crippen molar-refractivity contribution in [3.05, 3.63) is 49.6 Å². The first-order chi connectivity index (χ1) is 21.7. The van der Waals surface area contributed by atoms with Crippen LogP contribution in [0.5, 0.6) is 5.75 Å².